The molecule has 0 spiro atoms. The third kappa shape index (κ3) is 4.13. The molecule has 0 amide bonds. The summed E-state index contributed by atoms with van der Waals surface area (Å²) < 4.78 is 73.0. The van der Waals surface area contributed by atoms with E-state index in [1.54, 1.807) is 24.3 Å². The van der Waals surface area contributed by atoms with Crippen molar-refractivity contribution in [3.63, 3.8) is 0 Å². The average molecular weight is 462 g/mol. The first-order valence-corrected chi connectivity index (χ1v) is 10.3. The zero-order valence-electron chi connectivity index (χ0n) is 16.4. The summed E-state index contributed by atoms with van der Waals surface area (Å²) in [6.45, 7) is -1.55. The van der Waals surface area contributed by atoms with Crippen molar-refractivity contribution in [1.29, 1.82) is 0 Å². The van der Waals surface area contributed by atoms with Gasteiger partial charge in [-0.2, -0.15) is 13.2 Å². The number of hydrogen-bond acceptors (Lipinski definition) is 3. The van der Waals surface area contributed by atoms with Crippen molar-refractivity contribution in [2.75, 3.05) is 13.2 Å². The van der Waals surface area contributed by atoms with E-state index in [9.17, 15) is 22.7 Å². The maximum absolute atomic E-state index is 15.1. The van der Waals surface area contributed by atoms with Crippen LogP contribution >= 0.6 is 11.6 Å². The summed E-state index contributed by atoms with van der Waals surface area (Å²) in [6, 6.07) is 8.09. The van der Waals surface area contributed by atoms with Crippen LogP contribution in [-0.2, 0) is 11.8 Å². The minimum absolute atomic E-state index is 0.0644. The summed E-state index contributed by atoms with van der Waals surface area (Å²) in [5.41, 5.74) is -2.29. The molecule has 0 unspecified atom stereocenters. The maximum Gasteiger partial charge on any atom is 0.401 e. The zero-order chi connectivity index (χ0) is 22.4. The standard InChI is InChI=1S/C22H21ClF5NO2/c23-14-3-1-13(2-4-14)9-20-8-7-15(29-11-22(26,27)28)10-21(20,30)12-31-19-17(25)6-5-16(24)18(19)20/h1-6,15,29-30H,7-12H2/t15-,20-,21+/m1/s1. The molecule has 2 aromatic carbocycles. The number of ether oxygens (including phenoxy) is 1. The summed E-state index contributed by atoms with van der Waals surface area (Å²) in [7, 11) is 0. The van der Waals surface area contributed by atoms with E-state index in [1.807, 2.05) is 0 Å². The van der Waals surface area contributed by atoms with Crippen molar-refractivity contribution in [1.82, 2.24) is 5.32 Å². The Morgan fingerprint density at radius 3 is 2.45 bits per heavy atom. The third-order valence-electron chi connectivity index (χ3n) is 6.40. The highest BCUT2D eigenvalue weighted by Gasteiger charge is 2.60. The van der Waals surface area contributed by atoms with Gasteiger partial charge in [-0.1, -0.05) is 23.7 Å². The summed E-state index contributed by atoms with van der Waals surface area (Å²) >= 11 is 5.96. The predicted molar refractivity (Wildman–Crippen MR) is 105 cm³/mol. The number of halogens is 6. The third-order valence-corrected chi connectivity index (χ3v) is 6.65. The molecule has 0 saturated heterocycles. The summed E-state index contributed by atoms with van der Waals surface area (Å²) in [5, 5.41) is 14.6. The molecule has 31 heavy (non-hydrogen) atoms. The van der Waals surface area contributed by atoms with Crippen LogP contribution in [0.3, 0.4) is 0 Å². The van der Waals surface area contributed by atoms with Gasteiger partial charge in [-0.3, -0.25) is 0 Å². The van der Waals surface area contributed by atoms with Crippen molar-refractivity contribution >= 4 is 11.6 Å². The Bertz CT molecular complexity index is 968. The van der Waals surface area contributed by atoms with Gasteiger partial charge in [0.05, 0.1) is 6.54 Å². The smallest absolute Gasteiger partial charge is 0.401 e. The van der Waals surface area contributed by atoms with Gasteiger partial charge in [0.15, 0.2) is 11.6 Å². The van der Waals surface area contributed by atoms with Crippen LogP contribution in [-0.4, -0.2) is 36.1 Å². The molecule has 1 aliphatic carbocycles. The number of rotatable bonds is 4. The Morgan fingerprint density at radius 1 is 1.10 bits per heavy atom. The molecule has 1 fully saturated rings. The molecule has 9 heteroatoms. The van der Waals surface area contributed by atoms with E-state index in [0.29, 0.717) is 5.02 Å². The van der Waals surface area contributed by atoms with E-state index >= 15 is 4.39 Å². The van der Waals surface area contributed by atoms with Crippen LogP contribution in [0.25, 0.3) is 0 Å². The fourth-order valence-electron chi connectivity index (χ4n) is 4.95. The average Bonchev–Trinajstić information content (AvgIpc) is 2.70. The number of alkyl halides is 3. The van der Waals surface area contributed by atoms with Gasteiger partial charge in [0.2, 0.25) is 0 Å². The van der Waals surface area contributed by atoms with Gasteiger partial charge in [0, 0.05) is 22.0 Å². The van der Waals surface area contributed by atoms with Gasteiger partial charge in [-0.05, 0) is 55.5 Å². The number of hydrogen-bond donors (Lipinski definition) is 2. The number of nitrogens with one attached hydrogen (secondary N) is 1. The highest BCUT2D eigenvalue weighted by molar-refractivity contribution is 6.30. The Balaban J connectivity index is 1.76. The van der Waals surface area contributed by atoms with Crippen LogP contribution in [0.2, 0.25) is 5.02 Å². The molecule has 0 aromatic heterocycles. The lowest BCUT2D eigenvalue weighted by Gasteiger charge is -2.55. The second-order valence-corrected chi connectivity index (χ2v) is 8.81. The van der Waals surface area contributed by atoms with E-state index in [1.165, 1.54) is 0 Å². The van der Waals surface area contributed by atoms with Gasteiger partial charge >= 0.3 is 6.18 Å². The number of benzene rings is 2. The number of aliphatic hydroxyl groups is 1. The lowest BCUT2D eigenvalue weighted by molar-refractivity contribution is -0.139. The van der Waals surface area contributed by atoms with Crippen LogP contribution < -0.4 is 10.1 Å². The fourth-order valence-corrected chi connectivity index (χ4v) is 5.08. The Kier molecular flexibility index (Phi) is 5.69. The highest BCUT2D eigenvalue weighted by Crippen LogP contribution is 2.55. The van der Waals surface area contributed by atoms with E-state index < -0.39 is 41.4 Å². The topological polar surface area (TPSA) is 41.5 Å². The Labute approximate surface area is 181 Å². The van der Waals surface area contributed by atoms with Gasteiger partial charge in [-0.25, -0.2) is 8.78 Å². The molecular formula is C22H21ClF5NO2. The molecule has 3 nitrogen and oxygen atoms in total. The van der Waals surface area contributed by atoms with E-state index in [0.717, 1.165) is 17.7 Å². The second kappa shape index (κ2) is 7.90. The molecule has 4 rings (SSSR count). The lowest BCUT2D eigenvalue weighted by atomic mass is 9.55. The summed E-state index contributed by atoms with van der Waals surface area (Å²) in [4.78, 5) is 0. The molecule has 0 radical (unpaired) electrons. The monoisotopic (exact) mass is 461 g/mol. The van der Waals surface area contributed by atoms with E-state index in [-0.39, 0.29) is 43.6 Å². The molecule has 1 saturated carbocycles. The largest absolute Gasteiger partial charge is 0.487 e. The lowest BCUT2D eigenvalue weighted by Crippen LogP contribution is -2.65. The highest BCUT2D eigenvalue weighted by atomic mass is 35.5. The van der Waals surface area contributed by atoms with Crippen molar-refractivity contribution in [2.45, 2.75) is 48.9 Å². The minimum atomic E-state index is -4.40. The fraction of sp³-hybridized carbons (Fsp3) is 0.455. The predicted octanol–water partition coefficient (Wildman–Crippen LogP) is 4.93. The van der Waals surface area contributed by atoms with Crippen molar-refractivity contribution in [2.24, 2.45) is 0 Å². The molecular weight excluding hydrogens is 441 g/mol. The second-order valence-electron chi connectivity index (χ2n) is 8.37. The molecule has 2 N–H and O–H groups in total. The van der Waals surface area contributed by atoms with Gasteiger partial charge in [-0.15, -0.1) is 0 Å². The molecule has 1 heterocycles. The summed E-state index contributed by atoms with van der Waals surface area (Å²) in [5.74, 6) is -1.71. The van der Waals surface area contributed by atoms with Crippen LogP contribution in [0, 0.1) is 11.6 Å². The van der Waals surface area contributed by atoms with Gasteiger partial charge in [0.1, 0.15) is 18.0 Å². The molecule has 168 valence electrons. The Morgan fingerprint density at radius 2 is 1.77 bits per heavy atom. The van der Waals surface area contributed by atoms with E-state index in [4.69, 9.17) is 16.3 Å². The minimum Gasteiger partial charge on any atom is -0.487 e. The molecule has 2 aromatic rings. The molecule has 2 aliphatic rings. The first kappa shape index (κ1) is 22.3. The first-order valence-electron chi connectivity index (χ1n) is 9.91. The molecule has 3 atom stereocenters. The van der Waals surface area contributed by atoms with Gasteiger partial charge < -0.3 is 15.2 Å². The van der Waals surface area contributed by atoms with Crippen LogP contribution in [0.15, 0.2) is 36.4 Å². The summed E-state index contributed by atoms with van der Waals surface area (Å²) in [6.07, 6.45) is -3.93. The van der Waals surface area contributed by atoms with Crippen molar-refractivity contribution in [3.8, 4) is 5.75 Å². The van der Waals surface area contributed by atoms with Crippen molar-refractivity contribution < 1.29 is 31.8 Å². The zero-order valence-corrected chi connectivity index (χ0v) is 17.2. The molecule has 0 bridgehead atoms. The normalized spacial score (nSPS) is 27.9. The van der Waals surface area contributed by atoms with Crippen LogP contribution in [0.1, 0.15) is 30.4 Å². The molecule has 1 aliphatic heterocycles. The number of fused-ring (bicyclic) bond motifs is 3. The van der Waals surface area contributed by atoms with E-state index in [2.05, 4.69) is 5.32 Å². The van der Waals surface area contributed by atoms with Crippen molar-refractivity contribution in [3.05, 3.63) is 64.2 Å². The van der Waals surface area contributed by atoms with Crippen LogP contribution in [0.4, 0.5) is 22.0 Å². The quantitative estimate of drug-likeness (QED) is 0.635. The first-order chi connectivity index (χ1) is 14.5. The maximum atomic E-state index is 15.1. The Hall–Kier alpha value is -1.90. The SMILES string of the molecule is O[C@@]12COc3c(F)ccc(F)c3[C@]1(Cc1ccc(Cl)cc1)CC[C@@H](NCC(F)(F)F)C2. The van der Waals surface area contributed by atoms with Crippen LogP contribution in [0.5, 0.6) is 5.75 Å². The van der Waals surface area contributed by atoms with Gasteiger partial charge in [0.25, 0.3) is 0 Å².